The van der Waals surface area contributed by atoms with Crippen LogP contribution in [0.15, 0.2) is 24.3 Å². The molecule has 1 rings (SSSR count). The van der Waals surface area contributed by atoms with Crippen molar-refractivity contribution in [2.24, 2.45) is 5.92 Å². The maximum absolute atomic E-state index is 14.2. The van der Waals surface area contributed by atoms with E-state index in [4.69, 9.17) is 4.74 Å². The van der Waals surface area contributed by atoms with E-state index in [2.05, 4.69) is 17.6 Å². The Morgan fingerprint density at radius 3 is 2.08 bits per heavy atom. The number of benzene rings is 1. The first-order chi connectivity index (χ1) is 17.8. The minimum Gasteiger partial charge on any atom is -0.444 e. The molecule has 38 heavy (non-hydrogen) atoms. The second-order valence-electron chi connectivity index (χ2n) is 12.1. The van der Waals surface area contributed by atoms with Crippen LogP contribution in [0.3, 0.4) is 0 Å². The van der Waals surface area contributed by atoms with E-state index in [1.165, 1.54) is 12.8 Å². The molecule has 216 valence electrons. The van der Waals surface area contributed by atoms with Crippen LogP contribution in [0, 0.1) is 12.8 Å². The number of amides is 3. The van der Waals surface area contributed by atoms with Crippen molar-refractivity contribution in [1.29, 1.82) is 0 Å². The number of carbonyl (C=O) groups excluding carboxylic acids is 3. The molecule has 0 bridgehead atoms. The summed E-state index contributed by atoms with van der Waals surface area (Å²) < 4.78 is 5.48. The lowest BCUT2D eigenvalue weighted by atomic mass is 9.96. The molecule has 2 N–H and O–H groups in total. The number of hydrogen-bond donors (Lipinski definition) is 2. The van der Waals surface area contributed by atoms with Crippen molar-refractivity contribution >= 4 is 17.9 Å². The Balaban J connectivity index is 3.43. The van der Waals surface area contributed by atoms with Crippen LogP contribution in [0.1, 0.15) is 118 Å². The molecule has 0 saturated heterocycles. The van der Waals surface area contributed by atoms with Crippen LogP contribution < -0.4 is 10.6 Å². The number of aryl methyl sites for hydroxylation is 1. The molecule has 7 heteroatoms. The summed E-state index contributed by atoms with van der Waals surface area (Å²) in [5, 5.41) is 5.85. The first kappa shape index (κ1) is 33.5. The van der Waals surface area contributed by atoms with Gasteiger partial charge in [0.25, 0.3) is 0 Å². The molecule has 0 aliphatic carbocycles. The van der Waals surface area contributed by atoms with E-state index in [-0.39, 0.29) is 23.8 Å². The molecule has 0 aromatic heterocycles. The molecule has 0 aliphatic heterocycles. The minimum absolute atomic E-state index is 0.0774. The molecule has 0 heterocycles. The van der Waals surface area contributed by atoms with Gasteiger partial charge in [-0.25, -0.2) is 4.79 Å². The van der Waals surface area contributed by atoms with E-state index in [0.717, 1.165) is 36.8 Å². The first-order valence-electron chi connectivity index (χ1n) is 14.4. The second kappa shape index (κ2) is 16.4. The van der Waals surface area contributed by atoms with Crippen molar-refractivity contribution in [3.05, 3.63) is 35.4 Å². The van der Waals surface area contributed by atoms with Crippen molar-refractivity contribution in [2.45, 2.75) is 131 Å². The third kappa shape index (κ3) is 12.3. The Labute approximate surface area is 231 Å². The number of nitrogens with one attached hydrogen (secondary N) is 2. The summed E-state index contributed by atoms with van der Waals surface area (Å²) in [7, 11) is 0. The zero-order valence-corrected chi connectivity index (χ0v) is 25.4. The van der Waals surface area contributed by atoms with Crippen molar-refractivity contribution < 1.29 is 19.1 Å². The number of alkyl carbamates (subject to hydrolysis) is 1. The highest BCUT2D eigenvalue weighted by Gasteiger charge is 2.37. The predicted molar refractivity (Wildman–Crippen MR) is 155 cm³/mol. The van der Waals surface area contributed by atoms with Crippen LogP contribution in [0.25, 0.3) is 0 Å². The third-order valence-electron chi connectivity index (χ3n) is 6.21. The van der Waals surface area contributed by atoms with Crippen LogP contribution >= 0.6 is 0 Å². The van der Waals surface area contributed by atoms with E-state index in [0.29, 0.717) is 13.0 Å². The summed E-state index contributed by atoms with van der Waals surface area (Å²) >= 11 is 0. The summed E-state index contributed by atoms with van der Waals surface area (Å²) in [5.74, 6) is -0.323. The van der Waals surface area contributed by atoms with Crippen LogP contribution in [-0.2, 0) is 14.3 Å². The van der Waals surface area contributed by atoms with Gasteiger partial charge in [-0.05, 0) is 71.4 Å². The normalized spacial score (nSPS) is 13.2. The number of nitrogens with zero attached hydrogens (tertiary/aromatic N) is 1. The number of carbonyl (C=O) groups is 3. The van der Waals surface area contributed by atoms with E-state index < -0.39 is 23.8 Å². The molecule has 0 saturated carbocycles. The zero-order valence-electron chi connectivity index (χ0n) is 25.4. The van der Waals surface area contributed by atoms with Crippen LogP contribution in [0.2, 0.25) is 0 Å². The Morgan fingerprint density at radius 1 is 0.921 bits per heavy atom. The second-order valence-corrected chi connectivity index (χ2v) is 12.1. The Morgan fingerprint density at radius 2 is 1.53 bits per heavy atom. The highest BCUT2D eigenvalue weighted by Crippen LogP contribution is 2.27. The van der Waals surface area contributed by atoms with Gasteiger partial charge in [-0.1, -0.05) is 77.1 Å². The lowest BCUT2D eigenvalue weighted by molar-refractivity contribution is -0.143. The molecule has 3 amide bonds. The van der Waals surface area contributed by atoms with Gasteiger partial charge in [-0.15, -0.1) is 0 Å². The fraction of sp³-hybridized carbons (Fsp3) is 0.710. The first-order valence-corrected chi connectivity index (χ1v) is 14.4. The zero-order chi connectivity index (χ0) is 28.9. The number of unbranched alkanes of at least 4 members (excludes halogenated alkanes) is 5. The molecule has 0 aliphatic rings. The monoisotopic (exact) mass is 531 g/mol. The van der Waals surface area contributed by atoms with Crippen molar-refractivity contribution in [3.63, 3.8) is 0 Å². The van der Waals surface area contributed by atoms with Gasteiger partial charge in [0.2, 0.25) is 11.8 Å². The van der Waals surface area contributed by atoms with E-state index in [9.17, 15) is 14.4 Å². The summed E-state index contributed by atoms with van der Waals surface area (Å²) in [6.07, 6.45) is 6.19. The minimum atomic E-state index is -0.802. The maximum Gasteiger partial charge on any atom is 0.408 e. The number of hydrogen-bond acceptors (Lipinski definition) is 4. The highest BCUT2D eigenvalue weighted by molar-refractivity contribution is 5.92. The summed E-state index contributed by atoms with van der Waals surface area (Å²) in [4.78, 5) is 42.3. The fourth-order valence-corrected chi connectivity index (χ4v) is 4.48. The third-order valence-corrected chi connectivity index (χ3v) is 6.21. The molecule has 1 aromatic carbocycles. The number of rotatable bonds is 15. The van der Waals surface area contributed by atoms with Gasteiger partial charge in [0, 0.05) is 12.6 Å². The van der Waals surface area contributed by atoms with E-state index >= 15 is 0 Å². The lowest BCUT2D eigenvalue weighted by Crippen LogP contribution is -2.54. The van der Waals surface area contributed by atoms with Crippen molar-refractivity contribution in [3.8, 4) is 0 Å². The average molecular weight is 532 g/mol. The standard InChI is InChI=1S/C31H53N3O4/c1-10-11-12-13-14-17-20-34(27(28(35)32-23(4)5)25-19-16-15-18-24(25)6)29(36)26(21-22(2)3)33-30(37)38-31(7,8)9/h15-16,18-19,22-23,26-27H,10-14,17,20-21H2,1-9H3,(H,32,35)(H,33,37). The smallest absolute Gasteiger partial charge is 0.408 e. The molecular weight excluding hydrogens is 478 g/mol. The van der Waals surface area contributed by atoms with Crippen LogP contribution in [0.5, 0.6) is 0 Å². The SMILES string of the molecule is CCCCCCCCN(C(=O)C(CC(C)C)NC(=O)OC(C)(C)C)C(C(=O)NC(C)C)c1ccccc1C. The van der Waals surface area contributed by atoms with Crippen molar-refractivity contribution in [1.82, 2.24) is 15.5 Å². The lowest BCUT2D eigenvalue weighted by Gasteiger charge is -2.36. The molecular formula is C31H53N3O4. The van der Waals surface area contributed by atoms with E-state index in [1.54, 1.807) is 25.7 Å². The fourth-order valence-electron chi connectivity index (χ4n) is 4.48. The largest absolute Gasteiger partial charge is 0.444 e. The van der Waals surface area contributed by atoms with Crippen LogP contribution in [0.4, 0.5) is 4.79 Å². The van der Waals surface area contributed by atoms with E-state index in [1.807, 2.05) is 58.9 Å². The molecule has 0 spiro atoms. The molecule has 0 radical (unpaired) electrons. The van der Waals surface area contributed by atoms with Gasteiger partial charge in [-0.2, -0.15) is 0 Å². The van der Waals surface area contributed by atoms with Gasteiger partial charge >= 0.3 is 6.09 Å². The number of ether oxygens (including phenoxy) is 1. The molecule has 1 aromatic rings. The van der Waals surface area contributed by atoms with Crippen LogP contribution in [-0.4, -0.2) is 47.0 Å². The topological polar surface area (TPSA) is 87.7 Å². The molecule has 0 fully saturated rings. The Kier molecular flexibility index (Phi) is 14.4. The maximum atomic E-state index is 14.2. The Bertz CT molecular complexity index is 876. The summed E-state index contributed by atoms with van der Waals surface area (Å²) in [6, 6.07) is 6.03. The molecule has 2 unspecified atom stereocenters. The molecule has 7 nitrogen and oxygen atoms in total. The van der Waals surface area contributed by atoms with Gasteiger partial charge < -0.3 is 20.3 Å². The van der Waals surface area contributed by atoms with Gasteiger partial charge in [0.1, 0.15) is 17.7 Å². The average Bonchev–Trinajstić information content (AvgIpc) is 2.78. The summed E-state index contributed by atoms with van der Waals surface area (Å²) in [6.45, 7) is 17.8. The van der Waals surface area contributed by atoms with Gasteiger partial charge in [0.05, 0.1) is 0 Å². The predicted octanol–water partition coefficient (Wildman–Crippen LogP) is 6.69. The van der Waals surface area contributed by atoms with Gasteiger partial charge in [0.15, 0.2) is 0 Å². The van der Waals surface area contributed by atoms with Crippen molar-refractivity contribution in [2.75, 3.05) is 6.54 Å². The van der Waals surface area contributed by atoms with Gasteiger partial charge in [-0.3, -0.25) is 9.59 Å². The molecule has 2 atom stereocenters. The quantitative estimate of drug-likeness (QED) is 0.247. The Hall–Kier alpha value is -2.57. The summed E-state index contributed by atoms with van der Waals surface area (Å²) in [5.41, 5.74) is 1.05. The highest BCUT2D eigenvalue weighted by atomic mass is 16.6.